The van der Waals surface area contributed by atoms with Gasteiger partial charge in [-0.25, -0.2) is 13.5 Å². The minimum absolute atomic E-state index is 0.00460. The molecule has 26 heavy (non-hydrogen) atoms. The number of halogens is 5. The van der Waals surface area contributed by atoms with Crippen LogP contribution < -0.4 is 5.32 Å². The lowest BCUT2D eigenvalue weighted by atomic mass is 10.2. The molecular weight excluding hydrogens is 361 g/mol. The second kappa shape index (κ2) is 7.81. The monoisotopic (exact) mass is 377 g/mol. The van der Waals surface area contributed by atoms with Crippen LogP contribution in [0.5, 0.6) is 0 Å². The molecule has 0 radical (unpaired) electrons. The van der Waals surface area contributed by atoms with Crippen molar-refractivity contribution in [1.82, 2.24) is 9.78 Å². The van der Waals surface area contributed by atoms with Crippen LogP contribution in [0.15, 0.2) is 24.4 Å². The summed E-state index contributed by atoms with van der Waals surface area (Å²) in [5, 5.41) is 6.37. The summed E-state index contributed by atoms with van der Waals surface area (Å²) in [6.07, 6.45) is -4.54. The van der Waals surface area contributed by atoms with Crippen LogP contribution in [0.4, 0.5) is 27.8 Å². The molecule has 5 nitrogen and oxygen atoms in total. The molecule has 10 heteroatoms. The number of carbonyl (C=O) groups excluding carboxylic acids is 1. The van der Waals surface area contributed by atoms with Crippen molar-refractivity contribution in [2.24, 2.45) is 0 Å². The summed E-state index contributed by atoms with van der Waals surface area (Å²) in [6.45, 7) is 1.03. The first kappa shape index (κ1) is 19.8. The van der Waals surface area contributed by atoms with Gasteiger partial charge in [-0.05, 0) is 32.0 Å². The van der Waals surface area contributed by atoms with Crippen molar-refractivity contribution in [2.75, 3.05) is 11.9 Å². The summed E-state index contributed by atoms with van der Waals surface area (Å²) in [6, 6.07) is 2.93. The Kier molecular flexibility index (Phi) is 5.96. The highest BCUT2D eigenvalue weighted by Gasteiger charge is 2.30. The smallest absolute Gasteiger partial charge is 0.359 e. The molecule has 1 aromatic heterocycles. The van der Waals surface area contributed by atoms with Crippen LogP contribution in [0, 0.1) is 18.6 Å². The van der Waals surface area contributed by atoms with E-state index in [1.54, 1.807) is 6.92 Å². The Morgan fingerprint density at radius 2 is 2.04 bits per heavy atom. The number of carbonyl (C=O) groups is 1. The largest absolute Gasteiger partial charge is 0.411 e. The maximum absolute atomic E-state index is 13.8. The topological polar surface area (TPSA) is 56.2 Å². The van der Waals surface area contributed by atoms with Crippen molar-refractivity contribution in [1.29, 1.82) is 0 Å². The van der Waals surface area contributed by atoms with Gasteiger partial charge >= 0.3 is 6.18 Å². The van der Waals surface area contributed by atoms with E-state index in [1.165, 1.54) is 17.8 Å². The summed E-state index contributed by atoms with van der Waals surface area (Å²) in [4.78, 5) is 12.0. The van der Waals surface area contributed by atoms with E-state index in [1.807, 2.05) is 0 Å². The molecule has 0 aliphatic rings. The Morgan fingerprint density at radius 3 is 2.69 bits per heavy atom. The number of aromatic nitrogens is 2. The number of hydrogen-bond acceptors (Lipinski definition) is 3. The lowest BCUT2D eigenvalue weighted by Gasteiger charge is -2.16. The van der Waals surface area contributed by atoms with Gasteiger partial charge in [0.15, 0.2) is 0 Å². The molecule has 2 aromatic rings. The Balaban J connectivity index is 2.12. The molecule has 0 bridgehead atoms. The predicted molar refractivity (Wildman–Crippen MR) is 82.5 cm³/mol. The maximum Gasteiger partial charge on any atom is 0.411 e. The molecule has 2 rings (SSSR count). The molecule has 142 valence electrons. The highest BCUT2D eigenvalue weighted by Crippen LogP contribution is 2.19. The van der Waals surface area contributed by atoms with Crippen molar-refractivity contribution in [2.45, 2.75) is 32.7 Å². The number of nitrogens with zero attached hydrogens (tertiary/aromatic N) is 2. The number of hydrogen-bond donors (Lipinski definition) is 1. The standard InChI is InChI=1S/C16H16F5N3O2/c1-9-6-22-24(7-11-5-12(17)3-4-13(11)18)14(9)23-15(25)10(2)26-8-16(19,20)21/h3-6,10H,7-8H2,1-2H3,(H,23,25)/t10-/m0/s1. The minimum Gasteiger partial charge on any atom is -0.359 e. The average molecular weight is 377 g/mol. The summed E-state index contributed by atoms with van der Waals surface area (Å²) in [7, 11) is 0. The van der Waals surface area contributed by atoms with Gasteiger partial charge in [-0.1, -0.05) is 0 Å². The lowest BCUT2D eigenvalue weighted by molar-refractivity contribution is -0.184. The quantitative estimate of drug-likeness (QED) is 0.785. The van der Waals surface area contributed by atoms with E-state index in [2.05, 4.69) is 15.2 Å². The molecule has 0 aliphatic heterocycles. The van der Waals surface area contributed by atoms with Gasteiger partial charge in [-0.3, -0.25) is 4.79 Å². The second-order valence-electron chi connectivity index (χ2n) is 5.63. The number of aryl methyl sites for hydroxylation is 1. The number of amides is 1. The molecule has 0 aliphatic carbocycles. The lowest BCUT2D eigenvalue weighted by Crippen LogP contribution is -2.32. The van der Waals surface area contributed by atoms with Crippen LogP contribution >= 0.6 is 0 Å². The van der Waals surface area contributed by atoms with E-state index in [-0.39, 0.29) is 17.9 Å². The van der Waals surface area contributed by atoms with Crippen LogP contribution in [0.25, 0.3) is 0 Å². The second-order valence-corrected chi connectivity index (χ2v) is 5.63. The number of alkyl halides is 3. The van der Waals surface area contributed by atoms with Gasteiger partial charge in [-0.2, -0.15) is 18.3 Å². The zero-order chi connectivity index (χ0) is 19.5. The molecule has 0 saturated heterocycles. The highest BCUT2D eigenvalue weighted by atomic mass is 19.4. The van der Waals surface area contributed by atoms with Crippen LogP contribution in [0.3, 0.4) is 0 Å². The Morgan fingerprint density at radius 1 is 1.35 bits per heavy atom. The predicted octanol–water partition coefficient (Wildman–Crippen LogP) is 3.42. The zero-order valence-electron chi connectivity index (χ0n) is 13.9. The normalized spacial score (nSPS) is 12.9. The van der Waals surface area contributed by atoms with Crippen molar-refractivity contribution < 1.29 is 31.5 Å². The van der Waals surface area contributed by atoms with Crippen LogP contribution in [0.2, 0.25) is 0 Å². The van der Waals surface area contributed by atoms with E-state index >= 15 is 0 Å². The van der Waals surface area contributed by atoms with E-state index < -0.39 is 36.4 Å². The number of ether oxygens (including phenoxy) is 1. The van der Waals surface area contributed by atoms with Gasteiger partial charge in [0.25, 0.3) is 5.91 Å². The molecule has 1 N–H and O–H groups in total. The molecule has 1 heterocycles. The molecule has 1 aromatic carbocycles. The molecule has 0 saturated carbocycles. The third-order valence-electron chi connectivity index (χ3n) is 3.46. The van der Waals surface area contributed by atoms with Crippen LogP contribution in [0.1, 0.15) is 18.1 Å². The van der Waals surface area contributed by atoms with Crippen LogP contribution in [-0.2, 0) is 16.1 Å². The third kappa shape index (κ3) is 5.25. The highest BCUT2D eigenvalue weighted by molar-refractivity contribution is 5.93. The summed E-state index contributed by atoms with van der Waals surface area (Å²) in [5.74, 6) is -1.95. The number of nitrogens with one attached hydrogen (secondary N) is 1. The van der Waals surface area contributed by atoms with Gasteiger partial charge in [0.05, 0.1) is 12.7 Å². The first-order chi connectivity index (χ1) is 12.1. The fraction of sp³-hybridized carbons (Fsp3) is 0.375. The molecule has 0 unspecified atom stereocenters. The Hall–Kier alpha value is -2.49. The van der Waals surface area contributed by atoms with Gasteiger partial charge < -0.3 is 10.1 Å². The van der Waals surface area contributed by atoms with Crippen LogP contribution in [-0.4, -0.2) is 34.6 Å². The maximum atomic E-state index is 13.8. The zero-order valence-corrected chi connectivity index (χ0v) is 13.9. The van der Waals surface area contributed by atoms with E-state index in [0.717, 1.165) is 18.2 Å². The first-order valence-corrected chi connectivity index (χ1v) is 7.52. The van der Waals surface area contributed by atoms with Crippen molar-refractivity contribution in [3.8, 4) is 0 Å². The van der Waals surface area contributed by atoms with Gasteiger partial charge in [-0.15, -0.1) is 0 Å². The third-order valence-corrected chi connectivity index (χ3v) is 3.46. The molecule has 1 amide bonds. The van der Waals surface area contributed by atoms with Gasteiger partial charge in [0, 0.05) is 11.1 Å². The number of rotatable bonds is 6. The van der Waals surface area contributed by atoms with Gasteiger partial charge in [0.1, 0.15) is 30.2 Å². The molecule has 0 fully saturated rings. The van der Waals surface area contributed by atoms with Gasteiger partial charge in [0.2, 0.25) is 0 Å². The van der Waals surface area contributed by atoms with Crippen molar-refractivity contribution >= 4 is 11.7 Å². The Labute approximate surface area is 145 Å². The van der Waals surface area contributed by atoms with E-state index in [9.17, 15) is 26.7 Å². The fourth-order valence-corrected chi connectivity index (χ4v) is 2.10. The van der Waals surface area contributed by atoms with E-state index in [0.29, 0.717) is 5.56 Å². The molecule has 1 atom stereocenters. The first-order valence-electron chi connectivity index (χ1n) is 7.52. The van der Waals surface area contributed by atoms with Crippen molar-refractivity contribution in [3.05, 3.63) is 47.2 Å². The van der Waals surface area contributed by atoms with E-state index in [4.69, 9.17) is 0 Å². The average Bonchev–Trinajstić information content (AvgIpc) is 2.88. The van der Waals surface area contributed by atoms with Crippen molar-refractivity contribution in [3.63, 3.8) is 0 Å². The molecule has 0 spiro atoms. The summed E-state index contributed by atoms with van der Waals surface area (Å²) in [5.41, 5.74) is 0.503. The summed E-state index contributed by atoms with van der Waals surface area (Å²) >= 11 is 0. The number of benzene rings is 1. The SMILES string of the molecule is Cc1cnn(Cc2cc(F)ccc2F)c1NC(=O)[C@H](C)OCC(F)(F)F. The summed E-state index contributed by atoms with van der Waals surface area (Å²) < 4.78 is 69.2. The number of anilines is 1. The molecular formula is C16H16F5N3O2. The fourth-order valence-electron chi connectivity index (χ4n) is 2.10. The Bertz CT molecular complexity index is 789. The minimum atomic E-state index is -4.55.